The van der Waals surface area contributed by atoms with E-state index in [2.05, 4.69) is 0 Å². The van der Waals surface area contributed by atoms with Gasteiger partial charge < -0.3 is 14.1 Å². The number of nitrogens with zero attached hydrogens (tertiary/aromatic N) is 2. The summed E-state index contributed by atoms with van der Waals surface area (Å²) in [5.74, 6) is -0.468. The molecular weight excluding hydrogens is 248 g/mol. The molecule has 6 heteroatoms. The molecule has 1 fully saturated rings. The lowest BCUT2D eigenvalue weighted by Crippen LogP contribution is -2.40. The number of fused-ring (bicyclic) bond motifs is 1. The van der Waals surface area contributed by atoms with Gasteiger partial charge in [0.1, 0.15) is 0 Å². The fourth-order valence-corrected chi connectivity index (χ4v) is 2.21. The van der Waals surface area contributed by atoms with Crippen LogP contribution < -0.4 is 5.76 Å². The number of ether oxygens (including phenoxy) is 1. The van der Waals surface area contributed by atoms with E-state index >= 15 is 0 Å². The van der Waals surface area contributed by atoms with Gasteiger partial charge in [0, 0.05) is 25.7 Å². The number of oxazole rings is 1. The fourth-order valence-electron chi connectivity index (χ4n) is 2.21. The van der Waals surface area contributed by atoms with Crippen LogP contribution in [0.3, 0.4) is 0 Å². The van der Waals surface area contributed by atoms with Crippen molar-refractivity contribution in [1.29, 1.82) is 0 Å². The Morgan fingerprint density at radius 3 is 2.74 bits per heavy atom. The van der Waals surface area contributed by atoms with Crippen LogP contribution in [0.1, 0.15) is 10.4 Å². The molecule has 1 aromatic carbocycles. The van der Waals surface area contributed by atoms with Gasteiger partial charge in [0.2, 0.25) is 0 Å². The standard InChI is InChI=1S/C13H14N2O4/c1-14-10-8-9(2-3-11(10)19-13(14)17)12(16)15-4-6-18-7-5-15/h2-3,8H,4-7H2,1H3. The minimum Gasteiger partial charge on any atom is -0.408 e. The highest BCUT2D eigenvalue weighted by molar-refractivity contribution is 5.97. The first-order chi connectivity index (χ1) is 9.16. The molecule has 0 N–H and O–H groups in total. The van der Waals surface area contributed by atoms with Gasteiger partial charge in [0.05, 0.1) is 18.7 Å². The SMILES string of the molecule is Cn1c(=O)oc2ccc(C(=O)N3CCOCC3)cc21. The predicted molar refractivity (Wildman–Crippen MR) is 68.2 cm³/mol. The lowest BCUT2D eigenvalue weighted by Gasteiger charge is -2.26. The Morgan fingerprint density at radius 2 is 2.00 bits per heavy atom. The molecule has 0 saturated carbocycles. The first-order valence-electron chi connectivity index (χ1n) is 6.13. The van der Waals surface area contributed by atoms with Crippen LogP contribution in [-0.2, 0) is 11.8 Å². The van der Waals surface area contributed by atoms with E-state index in [1.807, 2.05) is 0 Å². The van der Waals surface area contributed by atoms with Crippen molar-refractivity contribution in [3.8, 4) is 0 Å². The van der Waals surface area contributed by atoms with E-state index in [9.17, 15) is 9.59 Å². The zero-order chi connectivity index (χ0) is 13.4. The third kappa shape index (κ3) is 2.04. The third-order valence-electron chi connectivity index (χ3n) is 3.34. The van der Waals surface area contributed by atoms with Gasteiger partial charge in [-0.2, -0.15) is 0 Å². The molecule has 0 atom stereocenters. The Hall–Kier alpha value is -2.08. The zero-order valence-electron chi connectivity index (χ0n) is 10.6. The molecule has 1 aromatic heterocycles. The summed E-state index contributed by atoms with van der Waals surface area (Å²) in [6, 6.07) is 5.03. The molecule has 6 nitrogen and oxygen atoms in total. The van der Waals surface area contributed by atoms with Gasteiger partial charge in [0.25, 0.3) is 5.91 Å². The van der Waals surface area contributed by atoms with Crippen molar-refractivity contribution >= 4 is 17.0 Å². The quantitative estimate of drug-likeness (QED) is 0.755. The second-order valence-electron chi connectivity index (χ2n) is 4.51. The molecule has 2 heterocycles. The monoisotopic (exact) mass is 262 g/mol. The molecule has 0 spiro atoms. The Kier molecular flexibility index (Phi) is 2.87. The summed E-state index contributed by atoms with van der Waals surface area (Å²) < 4.78 is 11.7. The van der Waals surface area contributed by atoms with Crippen LogP contribution in [0.2, 0.25) is 0 Å². The molecular formula is C13H14N2O4. The molecule has 1 aliphatic rings. The van der Waals surface area contributed by atoms with E-state index in [0.717, 1.165) is 0 Å². The molecule has 1 amide bonds. The van der Waals surface area contributed by atoms with Crippen molar-refractivity contribution in [3.63, 3.8) is 0 Å². The van der Waals surface area contributed by atoms with Crippen LogP contribution in [0, 0.1) is 0 Å². The summed E-state index contributed by atoms with van der Waals surface area (Å²) in [5, 5.41) is 0. The van der Waals surface area contributed by atoms with Crippen LogP contribution in [0.4, 0.5) is 0 Å². The van der Waals surface area contributed by atoms with Crippen molar-refractivity contribution < 1.29 is 13.9 Å². The number of benzene rings is 1. The van der Waals surface area contributed by atoms with E-state index < -0.39 is 5.76 Å². The molecule has 2 aromatic rings. The summed E-state index contributed by atoms with van der Waals surface area (Å²) in [7, 11) is 1.62. The van der Waals surface area contributed by atoms with Crippen LogP contribution in [0.15, 0.2) is 27.4 Å². The molecule has 0 bridgehead atoms. The van der Waals surface area contributed by atoms with Gasteiger partial charge in [0.15, 0.2) is 5.58 Å². The summed E-state index contributed by atoms with van der Waals surface area (Å²) in [6.45, 7) is 2.33. The highest BCUT2D eigenvalue weighted by atomic mass is 16.5. The minimum absolute atomic E-state index is 0.0427. The van der Waals surface area contributed by atoms with Gasteiger partial charge in [-0.1, -0.05) is 0 Å². The molecule has 1 aliphatic heterocycles. The summed E-state index contributed by atoms with van der Waals surface area (Å²) in [6.07, 6.45) is 0. The number of rotatable bonds is 1. The van der Waals surface area contributed by atoms with Crippen LogP contribution in [0.5, 0.6) is 0 Å². The number of hydrogen-bond donors (Lipinski definition) is 0. The Bertz CT molecular complexity index is 679. The van der Waals surface area contributed by atoms with Gasteiger partial charge in [-0.25, -0.2) is 4.79 Å². The second-order valence-corrected chi connectivity index (χ2v) is 4.51. The average molecular weight is 262 g/mol. The lowest BCUT2D eigenvalue weighted by atomic mass is 10.1. The first-order valence-corrected chi connectivity index (χ1v) is 6.13. The molecule has 100 valence electrons. The van der Waals surface area contributed by atoms with Gasteiger partial charge in [-0.15, -0.1) is 0 Å². The van der Waals surface area contributed by atoms with E-state index in [0.29, 0.717) is 43.0 Å². The normalized spacial score (nSPS) is 15.9. The Labute approximate surface area is 109 Å². The van der Waals surface area contributed by atoms with Crippen molar-refractivity contribution in [1.82, 2.24) is 9.47 Å². The lowest BCUT2D eigenvalue weighted by molar-refractivity contribution is 0.0303. The number of morpholine rings is 1. The third-order valence-corrected chi connectivity index (χ3v) is 3.34. The van der Waals surface area contributed by atoms with E-state index in [1.165, 1.54) is 4.57 Å². The average Bonchev–Trinajstić information content (AvgIpc) is 2.74. The highest BCUT2D eigenvalue weighted by Gasteiger charge is 2.19. The largest absolute Gasteiger partial charge is 0.419 e. The first kappa shape index (κ1) is 12.0. The Morgan fingerprint density at radius 1 is 1.26 bits per heavy atom. The van der Waals surface area contributed by atoms with E-state index in [4.69, 9.17) is 9.15 Å². The highest BCUT2D eigenvalue weighted by Crippen LogP contribution is 2.16. The number of aryl methyl sites for hydroxylation is 1. The number of aromatic nitrogens is 1. The number of hydrogen-bond acceptors (Lipinski definition) is 4. The molecule has 1 saturated heterocycles. The maximum atomic E-state index is 12.3. The molecule has 0 unspecified atom stereocenters. The van der Waals surface area contributed by atoms with Crippen molar-refractivity contribution in [3.05, 3.63) is 34.3 Å². The summed E-state index contributed by atoms with van der Waals surface area (Å²) in [4.78, 5) is 25.5. The summed E-state index contributed by atoms with van der Waals surface area (Å²) in [5.41, 5.74) is 1.68. The predicted octanol–water partition coefficient (Wildman–Crippen LogP) is 0.604. The molecule has 19 heavy (non-hydrogen) atoms. The maximum Gasteiger partial charge on any atom is 0.419 e. The Balaban J connectivity index is 1.98. The minimum atomic E-state index is -0.425. The zero-order valence-corrected chi connectivity index (χ0v) is 10.6. The van der Waals surface area contributed by atoms with Gasteiger partial charge in [-0.05, 0) is 18.2 Å². The van der Waals surface area contributed by atoms with E-state index in [1.54, 1.807) is 30.1 Å². The van der Waals surface area contributed by atoms with Crippen LogP contribution in [0.25, 0.3) is 11.1 Å². The van der Waals surface area contributed by atoms with Gasteiger partial charge in [-0.3, -0.25) is 9.36 Å². The van der Waals surface area contributed by atoms with Crippen LogP contribution >= 0.6 is 0 Å². The number of carbonyl (C=O) groups is 1. The van der Waals surface area contributed by atoms with Crippen molar-refractivity contribution in [2.75, 3.05) is 26.3 Å². The summed E-state index contributed by atoms with van der Waals surface area (Å²) >= 11 is 0. The number of carbonyl (C=O) groups excluding carboxylic acids is 1. The topological polar surface area (TPSA) is 64.7 Å². The second kappa shape index (κ2) is 4.55. The molecule has 0 aliphatic carbocycles. The van der Waals surface area contributed by atoms with Gasteiger partial charge >= 0.3 is 5.76 Å². The molecule has 0 radical (unpaired) electrons. The molecule has 3 rings (SSSR count). The fraction of sp³-hybridized carbons (Fsp3) is 0.385. The van der Waals surface area contributed by atoms with E-state index in [-0.39, 0.29) is 5.91 Å². The smallest absolute Gasteiger partial charge is 0.408 e. The number of amides is 1. The van der Waals surface area contributed by atoms with Crippen molar-refractivity contribution in [2.45, 2.75) is 0 Å². The van der Waals surface area contributed by atoms with Crippen molar-refractivity contribution in [2.24, 2.45) is 7.05 Å². The van der Waals surface area contributed by atoms with Crippen LogP contribution in [-0.4, -0.2) is 41.7 Å². The maximum absolute atomic E-state index is 12.3.